The molecule has 7 aromatic carbocycles. The van der Waals surface area contributed by atoms with Crippen LogP contribution in [0, 0.1) is 0 Å². The van der Waals surface area contributed by atoms with Crippen molar-refractivity contribution in [3.63, 3.8) is 0 Å². The highest BCUT2D eigenvalue weighted by Gasteiger charge is 2.18. The Morgan fingerprint density at radius 3 is 1.50 bits per heavy atom. The maximum atomic E-state index is 5.05. The molecular formula is C46H29N5S. The van der Waals surface area contributed by atoms with E-state index in [0.717, 1.165) is 60.5 Å². The molecule has 0 unspecified atom stereocenters. The van der Waals surface area contributed by atoms with Crippen molar-refractivity contribution in [1.82, 2.24) is 24.3 Å². The van der Waals surface area contributed by atoms with Gasteiger partial charge in [-0.2, -0.15) is 0 Å². The Hall–Kier alpha value is -6.76. The summed E-state index contributed by atoms with van der Waals surface area (Å²) in [5, 5.41) is 0. The van der Waals surface area contributed by atoms with Crippen LogP contribution in [0.5, 0.6) is 0 Å². The highest BCUT2D eigenvalue weighted by Crippen LogP contribution is 2.39. The molecule has 0 radical (unpaired) electrons. The van der Waals surface area contributed by atoms with Crippen molar-refractivity contribution in [1.29, 1.82) is 0 Å². The lowest BCUT2D eigenvalue weighted by molar-refractivity contribution is 1.07. The van der Waals surface area contributed by atoms with Crippen molar-refractivity contribution in [2.45, 2.75) is 0 Å². The molecule has 0 spiro atoms. The fraction of sp³-hybridized carbons (Fsp3) is 0. The smallest absolute Gasteiger partial charge is 0.195 e. The Morgan fingerprint density at radius 2 is 0.865 bits per heavy atom. The summed E-state index contributed by atoms with van der Waals surface area (Å²) in [5.41, 5.74) is 12.9. The van der Waals surface area contributed by atoms with Gasteiger partial charge in [-0.3, -0.25) is 4.40 Å². The first kappa shape index (κ1) is 30.1. The van der Waals surface area contributed by atoms with Gasteiger partial charge in [-0.05, 0) is 63.7 Å². The first-order valence-corrected chi connectivity index (χ1v) is 18.0. The molecule has 0 N–H and O–H groups in total. The highest BCUT2D eigenvalue weighted by molar-refractivity contribution is 7.23. The monoisotopic (exact) mass is 683 g/mol. The van der Waals surface area contributed by atoms with Crippen LogP contribution in [0.3, 0.4) is 0 Å². The lowest BCUT2D eigenvalue weighted by Crippen LogP contribution is -2.00. The molecule has 0 amide bonds. The van der Waals surface area contributed by atoms with Gasteiger partial charge in [0.15, 0.2) is 22.4 Å². The van der Waals surface area contributed by atoms with E-state index < -0.39 is 0 Å². The number of aromatic nitrogens is 5. The largest absolute Gasteiger partial charge is 0.283 e. The Labute approximate surface area is 304 Å². The van der Waals surface area contributed by atoms with Crippen LogP contribution >= 0.6 is 11.3 Å². The number of nitrogens with zero attached hydrogens (tertiary/aromatic N) is 5. The van der Waals surface area contributed by atoms with Crippen LogP contribution in [0.15, 0.2) is 176 Å². The van der Waals surface area contributed by atoms with E-state index in [9.17, 15) is 0 Å². The average molecular weight is 684 g/mol. The van der Waals surface area contributed by atoms with Gasteiger partial charge < -0.3 is 0 Å². The van der Waals surface area contributed by atoms with Crippen LogP contribution in [0.1, 0.15) is 0 Å². The van der Waals surface area contributed by atoms with Crippen molar-refractivity contribution in [3.8, 4) is 67.5 Å². The van der Waals surface area contributed by atoms with E-state index in [4.69, 9.17) is 19.9 Å². The molecule has 0 aliphatic carbocycles. The molecule has 3 aromatic heterocycles. The first-order chi connectivity index (χ1) is 25.7. The molecule has 244 valence electrons. The van der Waals surface area contributed by atoms with Gasteiger partial charge in [-0.15, -0.1) is 0 Å². The number of thiazole rings is 1. The third kappa shape index (κ3) is 5.34. The highest BCUT2D eigenvalue weighted by atomic mass is 32.1. The molecule has 52 heavy (non-hydrogen) atoms. The molecule has 10 rings (SSSR count). The van der Waals surface area contributed by atoms with Crippen LogP contribution < -0.4 is 0 Å². The minimum Gasteiger partial charge on any atom is -0.283 e. The SMILES string of the molecule is c1ccc(-c2ccc3sc4nc5ccc(-c6ccc(-c7nc(-c8ccccc8)nc(-c8ccccc8)n7)cc6-c6ccccc6)cc5n4c3c2)cc1. The molecular weight excluding hydrogens is 655 g/mol. The Morgan fingerprint density at radius 1 is 0.346 bits per heavy atom. The van der Waals surface area contributed by atoms with Crippen molar-refractivity contribution >= 4 is 37.5 Å². The van der Waals surface area contributed by atoms with Crippen molar-refractivity contribution in [2.24, 2.45) is 0 Å². The van der Waals surface area contributed by atoms with Gasteiger partial charge in [0, 0.05) is 16.7 Å². The molecule has 0 saturated heterocycles. The average Bonchev–Trinajstić information content (AvgIpc) is 3.77. The van der Waals surface area contributed by atoms with Gasteiger partial charge >= 0.3 is 0 Å². The Balaban J connectivity index is 1.14. The number of benzene rings is 7. The molecule has 0 atom stereocenters. The Bertz CT molecular complexity index is 2820. The molecule has 0 bridgehead atoms. The third-order valence-electron chi connectivity index (χ3n) is 9.50. The van der Waals surface area contributed by atoms with Gasteiger partial charge in [-0.25, -0.2) is 19.9 Å². The van der Waals surface area contributed by atoms with Crippen LogP contribution in [0.2, 0.25) is 0 Å². The minimum absolute atomic E-state index is 0.628. The second-order valence-corrected chi connectivity index (χ2v) is 13.8. The second-order valence-electron chi connectivity index (χ2n) is 12.7. The van der Waals surface area contributed by atoms with E-state index in [1.165, 1.54) is 15.8 Å². The van der Waals surface area contributed by atoms with Gasteiger partial charge in [-0.1, -0.05) is 157 Å². The van der Waals surface area contributed by atoms with Gasteiger partial charge in [0.2, 0.25) is 0 Å². The molecule has 0 aliphatic heterocycles. The Kier molecular flexibility index (Phi) is 7.25. The zero-order chi connectivity index (χ0) is 34.4. The van der Waals surface area contributed by atoms with Crippen LogP contribution in [0.4, 0.5) is 0 Å². The zero-order valence-electron chi connectivity index (χ0n) is 27.9. The van der Waals surface area contributed by atoms with E-state index in [2.05, 4.69) is 120 Å². The number of imidazole rings is 1. The van der Waals surface area contributed by atoms with Crippen molar-refractivity contribution in [2.75, 3.05) is 0 Å². The summed E-state index contributed by atoms with van der Waals surface area (Å²) in [4.78, 5) is 21.0. The van der Waals surface area contributed by atoms with E-state index in [0.29, 0.717) is 17.5 Å². The first-order valence-electron chi connectivity index (χ1n) is 17.2. The number of rotatable bonds is 6. The van der Waals surface area contributed by atoms with Crippen molar-refractivity contribution < 1.29 is 0 Å². The van der Waals surface area contributed by atoms with Crippen LogP contribution in [-0.4, -0.2) is 24.3 Å². The molecule has 0 fully saturated rings. The number of hydrogen-bond acceptors (Lipinski definition) is 5. The van der Waals surface area contributed by atoms with E-state index >= 15 is 0 Å². The normalized spacial score (nSPS) is 11.5. The summed E-state index contributed by atoms with van der Waals surface area (Å²) in [5.74, 6) is 1.91. The summed E-state index contributed by atoms with van der Waals surface area (Å²) < 4.78 is 3.52. The van der Waals surface area contributed by atoms with E-state index in [1.54, 1.807) is 11.3 Å². The lowest BCUT2D eigenvalue weighted by atomic mass is 9.92. The molecule has 3 heterocycles. The fourth-order valence-electron chi connectivity index (χ4n) is 6.94. The number of fused-ring (bicyclic) bond motifs is 5. The molecule has 6 heteroatoms. The summed E-state index contributed by atoms with van der Waals surface area (Å²) in [6.45, 7) is 0. The van der Waals surface area contributed by atoms with Gasteiger partial charge in [0.05, 0.1) is 21.3 Å². The predicted octanol–water partition coefficient (Wildman–Crippen LogP) is 11.9. The van der Waals surface area contributed by atoms with Crippen molar-refractivity contribution in [3.05, 3.63) is 176 Å². The zero-order valence-corrected chi connectivity index (χ0v) is 28.7. The van der Waals surface area contributed by atoms with Gasteiger partial charge in [0.1, 0.15) is 0 Å². The molecule has 0 saturated carbocycles. The second kappa shape index (κ2) is 12.5. The summed E-state index contributed by atoms with van der Waals surface area (Å²) in [6, 6.07) is 61.1. The van der Waals surface area contributed by atoms with E-state index in [-0.39, 0.29) is 0 Å². The van der Waals surface area contributed by atoms with Gasteiger partial charge in [0.25, 0.3) is 0 Å². The molecule has 10 aromatic rings. The standard InChI is InChI=1S/C46H29N5S/c1-5-13-30(14-6-1)34-23-26-42-41(28-34)51-40-29-35(22-25-39(40)47-46(51)52-42)37-24-21-36(27-38(37)31-15-7-2-8-16-31)45-49-43(32-17-9-3-10-18-32)48-44(50-45)33-19-11-4-12-20-33/h1-29H. The topological polar surface area (TPSA) is 56.0 Å². The molecule has 0 aliphatic rings. The third-order valence-corrected chi connectivity index (χ3v) is 10.5. The lowest BCUT2D eigenvalue weighted by Gasteiger charge is -2.14. The predicted molar refractivity (Wildman–Crippen MR) is 214 cm³/mol. The molecule has 5 nitrogen and oxygen atoms in total. The maximum Gasteiger partial charge on any atom is 0.195 e. The number of hydrogen-bond donors (Lipinski definition) is 0. The quantitative estimate of drug-likeness (QED) is 0.175. The fourth-order valence-corrected chi connectivity index (χ4v) is 7.96. The summed E-state index contributed by atoms with van der Waals surface area (Å²) >= 11 is 1.72. The minimum atomic E-state index is 0.628. The van der Waals surface area contributed by atoms with Crippen LogP contribution in [-0.2, 0) is 0 Å². The van der Waals surface area contributed by atoms with E-state index in [1.807, 2.05) is 60.7 Å². The summed E-state index contributed by atoms with van der Waals surface area (Å²) in [7, 11) is 0. The van der Waals surface area contributed by atoms with Crippen LogP contribution in [0.25, 0.3) is 93.8 Å². The maximum absolute atomic E-state index is 5.05. The summed E-state index contributed by atoms with van der Waals surface area (Å²) in [6.07, 6.45) is 0.